The normalized spacial score (nSPS) is 10.9. The van der Waals surface area contributed by atoms with Crippen molar-refractivity contribution in [3.05, 3.63) is 36.9 Å². The van der Waals surface area contributed by atoms with Crippen LogP contribution < -0.4 is 10.1 Å². The summed E-state index contributed by atoms with van der Waals surface area (Å²) in [6, 6.07) is 7.16. The highest BCUT2D eigenvalue weighted by atomic mass is 16.6. The molecule has 1 rings (SSSR count). The highest BCUT2D eigenvalue weighted by Gasteiger charge is 1.99. The van der Waals surface area contributed by atoms with Crippen LogP contribution in [0.5, 0.6) is 5.75 Å². The molecule has 13 heteroatoms. The number of rotatable bonds is 30. The number of carbonyl (C=O) groups excluding carboxylic acids is 2. The third-order valence-electron chi connectivity index (χ3n) is 4.91. The Labute approximate surface area is 248 Å². The van der Waals surface area contributed by atoms with E-state index in [-0.39, 0.29) is 12.5 Å². The van der Waals surface area contributed by atoms with Crippen molar-refractivity contribution in [2.24, 2.45) is 0 Å². The van der Waals surface area contributed by atoms with E-state index >= 15 is 0 Å². The molecule has 0 fully saturated rings. The van der Waals surface area contributed by atoms with Crippen molar-refractivity contribution in [2.75, 3.05) is 124 Å². The number of esters is 1. The molecule has 0 aliphatic heterocycles. The van der Waals surface area contributed by atoms with Crippen LogP contribution in [0.3, 0.4) is 0 Å². The lowest BCUT2D eigenvalue weighted by Crippen LogP contribution is -2.15. The first-order valence-electron chi connectivity index (χ1n) is 14.0. The zero-order chi connectivity index (χ0) is 30.4. The third kappa shape index (κ3) is 25.1. The van der Waals surface area contributed by atoms with Gasteiger partial charge >= 0.3 is 5.97 Å². The standard InChI is InChI=1S/C29H47NO12/c1-3-29(32)42-25-23-40-21-19-38-17-15-36-13-11-34-9-8-33-10-12-35-14-16-37-18-20-39-22-24-41-28-6-4-27(5-7-28)30-26(2)31/h3-7H,1,8-25H2,2H3,(H,30,31). The Morgan fingerprint density at radius 2 is 0.905 bits per heavy atom. The molecule has 0 heterocycles. The number of benzene rings is 1. The fraction of sp³-hybridized carbons (Fsp3) is 0.655. The topological polar surface area (TPSA) is 138 Å². The highest BCUT2D eigenvalue weighted by molar-refractivity contribution is 5.88. The molecule has 0 aliphatic rings. The third-order valence-corrected chi connectivity index (χ3v) is 4.91. The van der Waals surface area contributed by atoms with E-state index in [1.807, 2.05) is 0 Å². The van der Waals surface area contributed by atoms with Crippen molar-refractivity contribution in [1.29, 1.82) is 0 Å². The summed E-state index contributed by atoms with van der Waals surface area (Å²) in [6.07, 6.45) is 1.11. The predicted molar refractivity (Wildman–Crippen MR) is 154 cm³/mol. The number of carbonyl (C=O) groups is 2. The van der Waals surface area contributed by atoms with Crippen molar-refractivity contribution in [3.63, 3.8) is 0 Å². The zero-order valence-electron chi connectivity index (χ0n) is 24.7. The summed E-state index contributed by atoms with van der Waals surface area (Å²) in [5.41, 5.74) is 0.728. The Balaban J connectivity index is 1.69. The van der Waals surface area contributed by atoms with Gasteiger partial charge in [0, 0.05) is 18.7 Å². The summed E-state index contributed by atoms with van der Waals surface area (Å²) in [7, 11) is 0. The summed E-state index contributed by atoms with van der Waals surface area (Å²) in [5.74, 6) is 0.140. The second-order valence-corrected chi connectivity index (χ2v) is 8.32. The van der Waals surface area contributed by atoms with Crippen molar-refractivity contribution < 1.29 is 57.0 Å². The monoisotopic (exact) mass is 601 g/mol. The largest absolute Gasteiger partial charge is 0.491 e. The van der Waals surface area contributed by atoms with Gasteiger partial charge in [0.15, 0.2) is 0 Å². The quantitative estimate of drug-likeness (QED) is 0.0783. The molecule has 1 aromatic rings. The van der Waals surface area contributed by atoms with Crippen LogP contribution in [0.1, 0.15) is 6.92 Å². The molecule has 0 saturated carbocycles. The van der Waals surface area contributed by atoms with Gasteiger partial charge in [-0.1, -0.05) is 6.58 Å². The summed E-state index contributed by atoms with van der Waals surface area (Å²) in [5, 5.41) is 2.70. The van der Waals surface area contributed by atoms with Crippen LogP contribution in [-0.4, -0.2) is 131 Å². The maximum Gasteiger partial charge on any atom is 0.330 e. The molecular weight excluding hydrogens is 554 g/mol. The minimum Gasteiger partial charge on any atom is -0.491 e. The van der Waals surface area contributed by atoms with E-state index in [4.69, 9.17) is 47.4 Å². The van der Waals surface area contributed by atoms with Gasteiger partial charge in [0.2, 0.25) is 5.91 Å². The summed E-state index contributed by atoms with van der Waals surface area (Å²) in [4.78, 5) is 21.8. The molecule has 0 aromatic heterocycles. The van der Waals surface area contributed by atoms with Gasteiger partial charge in [0.25, 0.3) is 0 Å². The molecule has 0 bridgehead atoms. The molecule has 13 nitrogen and oxygen atoms in total. The Kier molecular flexibility index (Phi) is 25.4. The van der Waals surface area contributed by atoms with Crippen molar-refractivity contribution in [1.82, 2.24) is 0 Å². The molecule has 0 radical (unpaired) electrons. The van der Waals surface area contributed by atoms with E-state index in [2.05, 4.69) is 11.9 Å². The van der Waals surface area contributed by atoms with Crippen molar-refractivity contribution in [3.8, 4) is 5.75 Å². The van der Waals surface area contributed by atoms with E-state index in [1.54, 1.807) is 24.3 Å². The molecule has 0 spiro atoms. The smallest absolute Gasteiger partial charge is 0.330 e. The average Bonchev–Trinajstić information content (AvgIpc) is 2.99. The van der Waals surface area contributed by atoms with Crippen LogP contribution in [0, 0.1) is 0 Å². The Hall–Kier alpha value is -2.62. The zero-order valence-corrected chi connectivity index (χ0v) is 24.7. The molecule has 240 valence electrons. The summed E-state index contributed by atoms with van der Waals surface area (Å²) >= 11 is 0. The number of nitrogens with one attached hydrogen (secondary N) is 1. The Morgan fingerprint density at radius 3 is 1.24 bits per heavy atom. The van der Waals surface area contributed by atoms with E-state index in [0.29, 0.717) is 118 Å². The van der Waals surface area contributed by atoms with Gasteiger partial charge in [-0.05, 0) is 24.3 Å². The second-order valence-electron chi connectivity index (χ2n) is 8.32. The number of amides is 1. The van der Waals surface area contributed by atoms with Gasteiger partial charge in [-0.15, -0.1) is 0 Å². The molecule has 1 amide bonds. The highest BCUT2D eigenvalue weighted by Crippen LogP contribution is 2.15. The van der Waals surface area contributed by atoms with E-state index in [0.717, 1.165) is 11.8 Å². The fourth-order valence-electron chi connectivity index (χ4n) is 2.96. The Morgan fingerprint density at radius 1 is 0.571 bits per heavy atom. The SMILES string of the molecule is C=CC(=O)OCCOCCOCCOCCOCCOCCOCCOCCOCCOc1ccc(NC(C)=O)cc1. The molecule has 1 N–H and O–H groups in total. The van der Waals surface area contributed by atoms with Crippen molar-refractivity contribution in [2.45, 2.75) is 6.92 Å². The average molecular weight is 602 g/mol. The van der Waals surface area contributed by atoms with Gasteiger partial charge in [-0.3, -0.25) is 4.79 Å². The molecule has 0 aliphatic carbocycles. The van der Waals surface area contributed by atoms with Gasteiger partial charge in [0.05, 0.1) is 106 Å². The van der Waals surface area contributed by atoms with E-state index < -0.39 is 5.97 Å². The van der Waals surface area contributed by atoms with Crippen LogP contribution in [0.25, 0.3) is 0 Å². The first kappa shape index (κ1) is 37.4. The minimum atomic E-state index is -0.462. The van der Waals surface area contributed by atoms with E-state index in [9.17, 15) is 9.59 Å². The maximum absolute atomic E-state index is 11.0. The van der Waals surface area contributed by atoms with Crippen LogP contribution >= 0.6 is 0 Å². The van der Waals surface area contributed by atoms with Crippen molar-refractivity contribution >= 4 is 17.6 Å². The lowest BCUT2D eigenvalue weighted by molar-refractivity contribution is -0.139. The Bertz CT molecular complexity index is 793. The van der Waals surface area contributed by atoms with Gasteiger partial charge in [-0.25, -0.2) is 4.79 Å². The predicted octanol–water partition coefficient (Wildman–Crippen LogP) is 1.89. The second kappa shape index (κ2) is 28.5. The molecule has 0 unspecified atom stereocenters. The maximum atomic E-state index is 11.0. The van der Waals surface area contributed by atoms with Crippen LogP contribution in [0.15, 0.2) is 36.9 Å². The lowest BCUT2D eigenvalue weighted by Gasteiger charge is -2.09. The lowest BCUT2D eigenvalue weighted by atomic mass is 10.3. The molecule has 0 atom stereocenters. The number of hydrogen-bond donors (Lipinski definition) is 1. The summed E-state index contributed by atoms with van der Waals surface area (Å²) in [6.45, 7) is 12.8. The molecular formula is C29H47NO12. The molecule has 0 saturated heterocycles. The fourth-order valence-corrected chi connectivity index (χ4v) is 2.96. The van der Waals surface area contributed by atoms with Crippen LogP contribution in [-0.2, 0) is 52.2 Å². The number of ether oxygens (including phenoxy) is 10. The van der Waals surface area contributed by atoms with Gasteiger partial charge < -0.3 is 52.7 Å². The van der Waals surface area contributed by atoms with Gasteiger partial charge in [0.1, 0.15) is 19.0 Å². The first-order valence-corrected chi connectivity index (χ1v) is 14.0. The van der Waals surface area contributed by atoms with Gasteiger partial charge in [-0.2, -0.15) is 0 Å². The molecule has 1 aromatic carbocycles. The van der Waals surface area contributed by atoms with Crippen LogP contribution in [0.2, 0.25) is 0 Å². The first-order chi connectivity index (χ1) is 20.6. The summed E-state index contributed by atoms with van der Waals surface area (Å²) < 4.78 is 53.7. The van der Waals surface area contributed by atoms with E-state index in [1.165, 1.54) is 6.92 Å². The number of hydrogen-bond acceptors (Lipinski definition) is 12. The minimum absolute atomic E-state index is 0.111. The number of anilines is 1. The molecule has 42 heavy (non-hydrogen) atoms. The van der Waals surface area contributed by atoms with Crippen LogP contribution in [0.4, 0.5) is 5.69 Å².